The molecule has 2 aliphatic rings. The summed E-state index contributed by atoms with van der Waals surface area (Å²) in [6, 6.07) is 2.77. The van der Waals surface area contributed by atoms with Crippen LogP contribution >= 0.6 is 0 Å². The Labute approximate surface area is 158 Å². The van der Waals surface area contributed by atoms with Crippen molar-refractivity contribution in [1.29, 1.82) is 0 Å². The molecule has 3 rings (SSSR count). The summed E-state index contributed by atoms with van der Waals surface area (Å²) < 4.78 is 0. The number of benzene rings is 1. The predicted octanol–water partition coefficient (Wildman–Crippen LogP) is 2.53. The third-order valence-electron chi connectivity index (χ3n) is 5.71. The fraction of sp³-hybridized carbons (Fsp3) is 0.632. The van der Waals surface area contributed by atoms with Crippen LogP contribution in [0.25, 0.3) is 0 Å². The van der Waals surface area contributed by atoms with Crippen LogP contribution in [0.4, 0.5) is 5.69 Å². The minimum absolute atomic E-state index is 0.0557. The number of aromatic hydroxyl groups is 2. The summed E-state index contributed by atoms with van der Waals surface area (Å²) in [6.45, 7) is 4.91. The van der Waals surface area contributed by atoms with Crippen molar-refractivity contribution in [3.63, 3.8) is 0 Å². The fourth-order valence-electron chi connectivity index (χ4n) is 4.10. The molecule has 148 valence electrons. The van der Waals surface area contributed by atoms with Gasteiger partial charge in [0.2, 0.25) is 5.75 Å². The van der Waals surface area contributed by atoms with Crippen molar-refractivity contribution >= 4 is 11.5 Å². The van der Waals surface area contributed by atoms with Crippen LogP contribution in [0.1, 0.15) is 48.9 Å². The number of hydrogen-bond acceptors (Lipinski definition) is 7. The summed E-state index contributed by atoms with van der Waals surface area (Å²) in [6.07, 6.45) is 6.37. The van der Waals surface area contributed by atoms with Gasteiger partial charge in [-0.1, -0.05) is 6.42 Å². The van der Waals surface area contributed by atoms with Gasteiger partial charge in [0.1, 0.15) is 0 Å². The summed E-state index contributed by atoms with van der Waals surface area (Å²) in [5, 5.41) is 30.1. The number of nitrogens with zero attached hydrogens (tertiary/aromatic N) is 3. The van der Waals surface area contributed by atoms with Crippen LogP contribution in [0.5, 0.6) is 11.5 Å². The van der Waals surface area contributed by atoms with E-state index >= 15 is 0 Å². The van der Waals surface area contributed by atoms with Crippen molar-refractivity contribution in [2.45, 2.75) is 44.6 Å². The number of hydrogen-bond donors (Lipinski definition) is 2. The molecular weight excluding hydrogens is 350 g/mol. The molecule has 2 aliphatic heterocycles. The largest absolute Gasteiger partial charge is 0.504 e. The van der Waals surface area contributed by atoms with Crippen molar-refractivity contribution < 1.29 is 19.9 Å². The number of likely N-dealkylation sites (tertiary alicyclic amines) is 2. The monoisotopic (exact) mass is 377 g/mol. The number of nitro benzene ring substituents is 1. The van der Waals surface area contributed by atoms with Crippen molar-refractivity contribution in [2.75, 3.05) is 32.7 Å². The number of rotatable bonds is 6. The van der Waals surface area contributed by atoms with Gasteiger partial charge in [-0.15, -0.1) is 0 Å². The van der Waals surface area contributed by atoms with Gasteiger partial charge in [0.25, 0.3) is 0 Å². The summed E-state index contributed by atoms with van der Waals surface area (Å²) in [7, 11) is 0. The molecule has 2 N–H and O–H groups in total. The van der Waals surface area contributed by atoms with Gasteiger partial charge in [-0.05, 0) is 57.9 Å². The zero-order valence-electron chi connectivity index (χ0n) is 15.5. The number of Topliss-reactive ketones (excluding diaryl/α,β-unsaturated/α-hetero) is 1. The van der Waals surface area contributed by atoms with E-state index in [4.69, 9.17) is 0 Å². The molecule has 0 amide bonds. The molecule has 8 nitrogen and oxygen atoms in total. The van der Waals surface area contributed by atoms with Crippen molar-refractivity contribution in [2.24, 2.45) is 0 Å². The maximum atomic E-state index is 12.4. The molecule has 27 heavy (non-hydrogen) atoms. The molecular formula is C19H27N3O5. The van der Waals surface area contributed by atoms with E-state index in [9.17, 15) is 25.1 Å². The van der Waals surface area contributed by atoms with Crippen LogP contribution < -0.4 is 0 Å². The summed E-state index contributed by atoms with van der Waals surface area (Å²) in [5.74, 6) is -1.72. The maximum Gasteiger partial charge on any atom is 0.315 e. The Morgan fingerprint density at radius 1 is 1.11 bits per heavy atom. The van der Waals surface area contributed by atoms with E-state index < -0.39 is 22.1 Å². The smallest absolute Gasteiger partial charge is 0.315 e. The van der Waals surface area contributed by atoms with Gasteiger partial charge < -0.3 is 20.0 Å². The molecule has 2 saturated heterocycles. The quantitative estimate of drug-likeness (QED) is 0.339. The van der Waals surface area contributed by atoms with Crippen molar-refractivity contribution in [3.8, 4) is 11.5 Å². The van der Waals surface area contributed by atoms with Crippen molar-refractivity contribution in [1.82, 2.24) is 9.80 Å². The highest BCUT2D eigenvalue weighted by Crippen LogP contribution is 2.36. The van der Waals surface area contributed by atoms with E-state index in [1.165, 1.54) is 32.4 Å². The first-order chi connectivity index (χ1) is 13.0. The molecule has 0 saturated carbocycles. The lowest BCUT2D eigenvalue weighted by molar-refractivity contribution is -0.386. The molecule has 8 heteroatoms. The Hall–Kier alpha value is -2.19. The third kappa shape index (κ3) is 4.75. The highest BCUT2D eigenvalue weighted by atomic mass is 16.6. The Bertz CT molecular complexity index is 695. The van der Waals surface area contributed by atoms with Crippen molar-refractivity contribution in [3.05, 3.63) is 27.8 Å². The molecule has 1 aromatic rings. The van der Waals surface area contributed by atoms with Gasteiger partial charge in [0, 0.05) is 30.6 Å². The predicted molar refractivity (Wildman–Crippen MR) is 100 cm³/mol. The van der Waals surface area contributed by atoms with E-state index in [1.54, 1.807) is 0 Å². The average molecular weight is 377 g/mol. The van der Waals surface area contributed by atoms with Crippen LogP contribution in [0.3, 0.4) is 0 Å². The average Bonchev–Trinajstić information content (AvgIpc) is 2.69. The molecule has 0 aromatic heterocycles. The maximum absolute atomic E-state index is 12.4. The van der Waals surface area contributed by atoms with Gasteiger partial charge in [0.15, 0.2) is 11.5 Å². The van der Waals surface area contributed by atoms with Gasteiger partial charge in [0.05, 0.1) is 4.92 Å². The Morgan fingerprint density at radius 2 is 1.78 bits per heavy atom. The molecule has 0 radical (unpaired) electrons. The molecule has 2 fully saturated rings. The standard InChI is InChI=1S/C19H27N3O5/c23-17(14-12-16(22(26)27)19(25)18(24)13-14)6-11-20-9-4-15(5-10-20)21-7-2-1-3-8-21/h12-13,15,24-25H,1-11H2. The molecule has 0 spiro atoms. The van der Waals surface area contributed by atoms with Gasteiger partial charge >= 0.3 is 5.69 Å². The molecule has 0 aliphatic carbocycles. The normalized spacial score (nSPS) is 19.9. The zero-order chi connectivity index (χ0) is 19.4. The second-order valence-electron chi connectivity index (χ2n) is 7.46. The Balaban J connectivity index is 1.51. The summed E-state index contributed by atoms with van der Waals surface area (Å²) in [5.41, 5.74) is -0.596. The second kappa shape index (κ2) is 8.67. The lowest BCUT2D eigenvalue weighted by Gasteiger charge is -2.40. The first-order valence-electron chi connectivity index (χ1n) is 9.65. The zero-order valence-corrected chi connectivity index (χ0v) is 15.5. The first-order valence-corrected chi connectivity index (χ1v) is 9.65. The second-order valence-corrected chi connectivity index (χ2v) is 7.46. The number of nitro groups is 1. The Morgan fingerprint density at radius 3 is 2.41 bits per heavy atom. The van der Waals surface area contributed by atoms with Crippen LogP contribution in [0, 0.1) is 10.1 Å². The molecule has 0 bridgehead atoms. The fourth-order valence-corrected chi connectivity index (χ4v) is 4.10. The minimum atomic E-state index is -0.809. The third-order valence-corrected chi connectivity index (χ3v) is 5.71. The summed E-state index contributed by atoms with van der Waals surface area (Å²) in [4.78, 5) is 27.4. The SMILES string of the molecule is O=C(CCN1CCC(N2CCCCC2)CC1)c1cc(O)c(O)c([N+](=O)[O-])c1. The lowest BCUT2D eigenvalue weighted by Crippen LogP contribution is -2.47. The first kappa shape index (κ1) is 19.6. The summed E-state index contributed by atoms with van der Waals surface area (Å²) >= 11 is 0. The number of piperidine rings is 2. The molecule has 1 aromatic carbocycles. The number of phenolic OH excluding ortho intramolecular Hbond substituents is 2. The number of phenols is 2. The number of ketones is 1. The molecule has 0 unspecified atom stereocenters. The van der Waals surface area contributed by atoms with Gasteiger partial charge in [-0.25, -0.2) is 0 Å². The van der Waals surface area contributed by atoms with Gasteiger partial charge in [-0.3, -0.25) is 14.9 Å². The van der Waals surface area contributed by atoms with E-state index in [0.717, 1.165) is 38.1 Å². The van der Waals surface area contributed by atoms with Crippen LogP contribution in [-0.4, -0.2) is 69.5 Å². The van der Waals surface area contributed by atoms with Crippen LogP contribution in [0.2, 0.25) is 0 Å². The topological polar surface area (TPSA) is 107 Å². The van der Waals surface area contributed by atoms with Crippen LogP contribution in [-0.2, 0) is 0 Å². The highest BCUT2D eigenvalue weighted by Gasteiger charge is 2.26. The number of carbonyl (C=O) groups excluding carboxylic acids is 1. The van der Waals surface area contributed by atoms with Gasteiger partial charge in [-0.2, -0.15) is 0 Å². The van der Waals surface area contributed by atoms with E-state index in [1.807, 2.05) is 0 Å². The lowest BCUT2D eigenvalue weighted by atomic mass is 9.99. The molecule has 0 atom stereocenters. The minimum Gasteiger partial charge on any atom is -0.504 e. The van der Waals surface area contributed by atoms with E-state index in [-0.39, 0.29) is 17.8 Å². The van der Waals surface area contributed by atoms with Crippen LogP contribution in [0.15, 0.2) is 12.1 Å². The number of carbonyl (C=O) groups is 1. The molecule has 2 heterocycles. The highest BCUT2D eigenvalue weighted by molar-refractivity contribution is 5.97. The Kier molecular flexibility index (Phi) is 6.28. The van der Waals surface area contributed by atoms with E-state index in [0.29, 0.717) is 12.6 Å². The van der Waals surface area contributed by atoms with E-state index in [2.05, 4.69) is 9.80 Å².